The molecule has 3 aromatic rings. The second-order valence-electron chi connectivity index (χ2n) is 7.44. The number of carbonyl (C=O) groups excluding carboxylic acids is 1. The number of amides is 1. The highest BCUT2D eigenvalue weighted by Crippen LogP contribution is 2.34. The van der Waals surface area contributed by atoms with Crippen LogP contribution in [0.4, 0.5) is 14.5 Å². The molecule has 1 saturated heterocycles. The molecule has 32 heavy (non-hydrogen) atoms. The molecule has 164 valence electrons. The molecule has 0 bridgehead atoms. The number of fused-ring (bicyclic) bond motifs is 1. The summed E-state index contributed by atoms with van der Waals surface area (Å²) in [6.45, 7) is 5.46. The van der Waals surface area contributed by atoms with Crippen LogP contribution in [0.15, 0.2) is 49.2 Å². The van der Waals surface area contributed by atoms with E-state index in [2.05, 4.69) is 37.7 Å². The Kier molecular flexibility index (Phi) is 5.48. The molecule has 0 spiro atoms. The summed E-state index contributed by atoms with van der Waals surface area (Å²) in [5.41, 5.74) is 2.58. The highest BCUT2D eigenvalue weighted by molar-refractivity contribution is 5.94. The van der Waals surface area contributed by atoms with Crippen molar-refractivity contribution in [2.75, 3.05) is 18.0 Å². The van der Waals surface area contributed by atoms with Gasteiger partial charge >= 0.3 is 6.11 Å². The summed E-state index contributed by atoms with van der Waals surface area (Å²) >= 11 is 0. The van der Waals surface area contributed by atoms with Crippen LogP contribution >= 0.6 is 0 Å². The average Bonchev–Trinajstić information content (AvgIpc) is 3.10. The lowest BCUT2D eigenvalue weighted by atomic mass is 10.0. The number of rotatable bonds is 7. The van der Waals surface area contributed by atoms with E-state index in [0.717, 1.165) is 11.1 Å². The first-order chi connectivity index (χ1) is 15.3. The van der Waals surface area contributed by atoms with Gasteiger partial charge in [-0.1, -0.05) is 6.58 Å². The third-order valence-corrected chi connectivity index (χ3v) is 5.02. The second-order valence-corrected chi connectivity index (χ2v) is 7.44. The van der Waals surface area contributed by atoms with E-state index in [1.54, 1.807) is 23.0 Å². The van der Waals surface area contributed by atoms with Crippen molar-refractivity contribution in [3.8, 4) is 17.5 Å². The third kappa shape index (κ3) is 4.23. The van der Waals surface area contributed by atoms with Gasteiger partial charge in [0.15, 0.2) is 5.65 Å². The van der Waals surface area contributed by atoms with Gasteiger partial charge in [-0.3, -0.25) is 4.79 Å². The van der Waals surface area contributed by atoms with Gasteiger partial charge in [0.2, 0.25) is 5.91 Å². The van der Waals surface area contributed by atoms with Crippen molar-refractivity contribution in [1.29, 1.82) is 5.26 Å². The molecule has 8 nitrogen and oxygen atoms in total. The first-order valence-electron chi connectivity index (χ1n) is 9.88. The second kappa shape index (κ2) is 8.26. The molecule has 4 rings (SSSR count). The number of nitriles is 1. The Morgan fingerprint density at radius 1 is 1.38 bits per heavy atom. The zero-order valence-electron chi connectivity index (χ0n) is 17.3. The van der Waals surface area contributed by atoms with E-state index in [1.807, 2.05) is 6.07 Å². The number of halogens is 2. The summed E-state index contributed by atoms with van der Waals surface area (Å²) in [5.74, 6) is -0.358. The maximum atomic E-state index is 13.1. The minimum atomic E-state index is -3.29. The van der Waals surface area contributed by atoms with E-state index in [4.69, 9.17) is 5.26 Å². The number of hydrogen-bond donors (Lipinski definition) is 1. The van der Waals surface area contributed by atoms with Gasteiger partial charge in [0, 0.05) is 26.2 Å². The normalized spacial score (nSPS) is 14.0. The monoisotopic (exact) mass is 438 g/mol. The molecule has 0 atom stereocenters. The van der Waals surface area contributed by atoms with Gasteiger partial charge in [-0.2, -0.15) is 19.1 Å². The highest BCUT2D eigenvalue weighted by atomic mass is 19.3. The van der Waals surface area contributed by atoms with Crippen LogP contribution in [0.25, 0.3) is 16.7 Å². The highest BCUT2D eigenvalue weighted by Gasteiger charge is 2.30. The maximum Gasteiger partial charge on any atom is 0.394 e. The molecule has 1 fully saturated rings. The molecule has 1 aliphatic rings. The van der Waals surface area contributed by atoms with Gasteiger partial charge in [0.05, 0.1) is 41.0 Å². The number of anilines is 1. The summed E-state index contributed by atoms with van der Waals surface area (Å²) in [7, 11) is 0. The first kappa shape index (κ1) is 21.2. The Morgan fingerprint density at radius 2 is 2.09 bits per heavy atom. The molecule has 10 heteroatoms. The predicted octanol–water partition coefficient (Wildman–Crippen LogP) is 3.17. The molecule has 1 amide bonds. The quantitative estimate of drug-likeness (QED) is 0.570. The van der Waals surface area contributed by atoms with Gasteiger partial charge in [-0.15, -0.1) is 0 Å². The third-order valence-electron chi connectivity index (χ3n) is 5.02. The van der Waals surface area contributed by atoms with Crippen LogP contribution in [0.1, 0.15) is 12.6 Å². The molecular formula is C22H20F2N6O2. The minimum Gasteiger partial charge on any atom is -0.433 e. The lowest BCUT2D eigenvalue weighted by molar-refractivity contribution is -0.158. The maximum absolute atomic E-state index is 13.1. The Bertz CT molecular complexity index is 1200. The molecule has 0 aliphatic carbocycles. The van der Waals surface area contributed by atoms with Gasteiger partial charge in [0.25, 0.3) is 0 Å². The molecule has 1 aliphatic heterocycles. The number of pyridine rings is 1. The Hall–Kier alpha value is -4.00. The SMILES string of the molecule is C=CC(=O)NCc1nn(-c2ccc(OC(C)(F)F)cc2)c2nccc(N3CC(C#N)C3)c12. The van der Waals surface area contributed by atoms with Gasteiger partial charge in [0.1, 0.15) is 5.75 Å². The van der Waals surface area contributed by atoms with Crippen molar-refractivity contribution < 1.29 is 18.3 Å². The Morgan fingerprint density at radius 3 is 2.72 bits per heavy atom. The van der Waals surface area contributed by atoms with Crippen molar-refractivity contribution in [3.05, 3.63) is 54.9 Å². The molecule has 0 unspecified atom stereocenters. The number of hydrogen-bond acceptors (Lipinski definition) is 6. The number of ether oxygens (including phenoxy) is 1. The van der Waals surface area contributed by atoms with E-state index < -0.39 is 6.11 Å². The van der Waals surface area contributed by atoms with Gasteiger partial charge in [-0.05, 0) is 36.4 Å². The summed E-state index contributed by atoms with van der Waals surface area (Å²) in [6.07, 6.45) is -0.463. The molecule has 2 aromatic heterocycles. The number of carbonyl (C=O) groups is 1. The topological polar surface area (TPSA) is 96.1 Å². The number of alkyl halides is 2. The predicted molar refractivity (Wildman–Crippen MR) is 113 cm³/mol. The minimum absolute atomic E-state index is 0.0213. The van der Waals surface area contributed by atoms with Crippen LogP contribution in [0.5, 0.6) is 5.75 Å². The Labute approximate surface area is 182 Å². The van der Waals surface area contributed by atoms with Crippen molar-refractivity contribution in [3.63, 3.8) is 0 Å². The molecule has 1 N–H and O–H groups in total. The lowest BCUT2D eigenvalue weighted by Gasteiger charge is -2.37. The molecule has 3 heterocycles. The summed E-state index contributed by atoms with van der Waals surface area (Å²) in [4.78, 5) is 18.2. The zero-order chi connectivity index (χ0) is 22.9. The number of aromatic nitrogens is 3. The first-order valence-corrected chi connectivity index (χ1v) is 9.88. The van der Waals surface area contributed by atoms with Crippen LogP contribution in [0, 0.1) is 17.2 Å². The van der Waals surface area contributed by atoms with Crippen LogP contribution in [0.2, 0.25) is 0 Å². The molecular weight excluding hydrogens is 418 g/mol. The summed E-state index contributed by atoms with van der Waals surface area (Å²) in [5, 5.41) is 17.2. The lowest BCUT2D eigenvalue weighted by Crippen LogP contribution is -2.46. The standard InChI is InChI=1S/C22H20F2N6O2/c1-3-19(31)27-11-17-20-18(29-12-14(10-25)13-29)8-9-26-21(20)30(28-17)15-4-6-16(7-5-15)32-22(2,23)24/h3-9,14H,1,11-13H2,2H3,(H,27,31). The van der Waals surface area contributed by atoms with E-state index >= 15 is 0 Å². The van der Waals surface area contributed by atoms with E-state index in [0.29, 0.717) is 37.0 Å². The van der Waals surface area contributed by atoms with Gasteiger partial charge < -0.3 is 15.0 Å². The fourth-order valence-corrected chi connectivity index (χ4v) is 3.53. The van der Waals surface area contributed by atoms with Crippen LogP contribution in [-0.4, -0.2) is 39.9 Å². The van der Waals surface area contributed by atoms with Crippen LogP contribution < -0.4 is 15.0 Å². The average molecular weight is 438 g/mol. The zero-order valence-corrected chi connectivity index (χ0v) is 17.3. The van der Waals surface area contributed by atoms with E-state index in [9.17, 15) is 13.6 Å². The van der Waals surface area contributed by atoms with E-state index in [1.165, 1.54) is 18.2 Å². The summed E-state index contributed by atoms with van der Waals surface area (Å²) in [6, 6.07) is 10.2. The van der Waals surface area contributed by atoms with Gasteiger partial charge in [-0.25, -0.2) is 9.67 Å². The Balaban J connectivity index is 1.75. The van der Waals surface area contributed by atoms with Crippen molar-refractivity contribution in [2.24, 2.45) is 5.92 Å². The smallest absolute Gasteiger partial charge is 0.394 e. The molecule has 0 radical (unpaired) electrons. The largest absolute Gasteiger partial charge is 0.433 e. The van der Waals surface area contributed by atoms with Crippen LogP contribution in [0.3, 0.4) is 0 Å². The molecule has 0 saturated carbocycles. The molecule has 1 aromatic carbocycles. The number of nitrogens with one attached hydrogen (secondary N) is 1. The number of nitrogens with zero attached hydrogens (tertiary/aromatic N) is 5. The summed E-state index contributed by atoms with van der Waals surface area (Å²) < 4.78 is 32.4. The van der Waals surface area contributed by atoms with Crippen molar-refractivity contribution in [2.45, 2.75) is 19.6 Å². The number of benzene rings is 1. The fraction of sp³-hybridized carbons (Fsp3) is 0.273. The van der Waals surface area contributed by atoms with E-state index in [-0.39, 0.29) is 24.1 Å². The fourth-order valence-electron chi connectivity index (χ4n) is 3.53. The van der Waals surface area contributed by atoms with Crippen molar-refractivity contribution >= 4 is 22.6 Å². The van der Waals surface area contributed by atoms with Crippen LogP contribution in [-0.2, 0) is 11.3 Å². The van der Waals surface area contributed by atoms with Crippen molar-refractivity contribution in [1.82, 2.24) is 20.1 Å².